The van der Waals surface area contributed by atoms with Crippen molar-refractivity contribution in [2.24, 2.45) is 5.92 Å². The van der Waals surface area contributed by atoms with E-state index in [1.165, 1.54) is 25.9 Å². The van der Waals surface area contributed by atoms with Gasteiger partial charge in [0.05, 0.1) is 17.6 Å². The molecule has 3 aliphatic heterocycles. The number of benzene rings is 1. The first-order valence-corrected chi connectivity index (χ1v) is 8.85. The van der Waals surface area contributed by atoms with E-state index < -0.39 is 0 Å². The second-order valence-electron chi connectivity index (χ2n) is 7.18. The summed E-state index contributed by atoms with van der Waals surface area (Å²) in [5.74, 6) is 0.577. The second kappa shape index (κ2) is 6.17. The van der Waals surface area contributed by atoms with Gasteiger partial charge in [-0.3, -0.25) is 9.88 Å². The molecule has 2 atom stereocenters. The zero-order valence-corrected chi connectivity index (χ0v) is 14.3. The minimum Gasteiger partial charge on any atom is -0.379 e. The third-order valence-electron chi connectivity index (χ3n) is 5.74. The van der Waals surface area contributed by atoms with Gasteiger partial charge in [-0.25, -0.2) is 4.39 Å². The minimum atomic E-state index is -0.183. The monoisotopic (exact) mass is 325 g/mol. The largest absolute Gasteiger partial charge is 0.379 e. The first-order valence-electron chi connectivity index (χ1n) is 8.85. The lowest BCUT2D eigenvalue weighted by Crippen LogP contribution is -2.59. The van der Waals surface area contributed by atoms with Crippen molar-refractivity contribution in [2.45, 2.75) is 38.8 Å². The highest BCUT2D eigenvalue weighted by Crippen LogP contribution is 2.34. The molecular weight excluding hydrogens is 301 g/mol. The molecule has 3 aliphatic rings. The summed E-state index contributed by atoms with van der Waals surface area (Å²) < 4.78 is 13.7. The number of piperidine rings is 3. The normalized spacial score (nSPS) is 28.8. The van der Waals surface area contributed by atoms with E-state index >= 15 is 0 Å². The number of aromatic nitrogens is 1. The first-order chi connectivity index (χ1) is 11.6. The van der Waals surface area contributed by atoms with E-state index in [0.717, 1.165) is 22.9 Å². The Morgan fingerprint density at radius 1 is 1.17 bits per heavy atom. The van der Waals surface area contributed by atoms with Gasteiger partial charge >= 0.3 is 0 Å². The van der Waals surface area contributed by atoms with E-state index in [4.69, 9.17) is 0 Å². The summed E-state index contributed by atoms with van der Waals surface area (Å²) >= 11 is 0. The van der Waals surface area contributed by atoms with E-state index in [0.29, 0.717) is 17.6 Å². The van der Waals surface area contributed by atoms with Gasteiger partial charge in [-0.05, 0) is 69.5 Å². The fourth-order valence-corrected chi connectivity index (χ4v) is 4.14. The van der Waals surface area contributed by atoms with Crippen molar-refractivity contribution in [1.29, 1.82) is 0 Å². The Hall–Kier alpha value is -1.94. The summed E-state index contributed by atoms with van der Waals surface area (Å²) in [6.07, 6.45) is 4.45. The van der Waals surface area contributed by atoms with Crippen LogP contribution in [0, 0.1) is 18.7 Å². The van der Waals surface area contributed by atoms with E-state index in [-0.39, 0.29) is 5.82 Å². The van der Waals surface area contributed by atoms with Crippen LogP contribution in [-0.4, -0.2) is 35.1 Å². The molecule has 0 spiro atoms. The Kier molecular flexibility index (Phi) is 4.01. The molecule has 0 unspecified atom stereocenters. The van der Waals surface area contributed by atoms with Crippen LogP contribution < -0.4 is 5.32 Å². The van der Waals surface area contributed by atoms with Gasteiger partial charge in [0, 0.05) is 17.6 Å². The second-order valence-corrected chi connectivity index (χ2v) is 7.18. The Labute approximate surface area is 142 Å². The molecule has 24 heavy (non-hydrogen) atoms. The highest BCUT2D eigenvalue weighted by Gasteiger charge is 2.39. The van der Waals surface area contributed by atoms with E-state index in [9.17, 15) is 4.39 Å². The third kappa shape index (κ3) is 2.80. The van der Waals surface area contributed by atoms with Crippen LogP contribution in [0.25, 0.3) is 11.3 Å². The van der Waals surface area contributed by atoms with Gasteiger partial charge in [0.2, 0.25) is 0 Å². The maximum absolute atomic E-state index is 13.7. The van der Waals surface area contributed by atoms with Gasteiger partial charge in [0.25, 0.3) is 0 Å². The molecule has 1 aromatic carbocycles. The van der Waals surface area contributed by atoms with E-state index in [2.05, 4.69) is 28.2 Å². The van der Waals surface area contributed by atoms with Crippen molar-refractivity contribution < 1.29 is 4.39 Å². The summed E-state index contributed by atoms with van der Waals surface area (Å²) in [5.41, 5.74) is 3.34. The minimum absolute atomic E-state index is 0.183. The van der Waals surface area contributed by atoms with Crippen LogP contribution in [0.4, 0.5) is 10.1 Å². The smallest absolute Gasteiger partial charge is 0.126 e. The van der Waals surface area contributed by atoms with Gasteiger partial charge in [-0.1, -0.05) is 12.1 Å². The average Bonchev–Trinajstić information content (AvgIpc) is 2.61. The summed E-state index contributed by atoms with van der Waals surface area (Å²) in [5, 5.41) is 3.68. The van der Waals surface area contributed by atoms with Crippen LogP contribution in [0.5, 0.6) is 0 Å². The number of fused-ring (bicyclic) bond motifs is 3. The number of hydrogen-bond acceptors (Lipinski definition) is 3. The Morgan fingerprint density at radius 3 is 2.58 bits per heavy atom. The van der Waals surface area contributed by atoms with Gasteiger partial charge < -0.3 is 5.32 Å². The van der Waals surface area contributed by atoms with Crippen LogP contribution in [0.2, 0.25) is 0 Å². The fraction of sp³-hybridized carbons (Fsp3) is 0.450. The molecule has 2 bridgehead atoms. The molecule has 1 aromatic heterocycles. The summed E-state index contributed by atoms with van der Waals surface area (Å²) in [4.78, 5) is 7.11. The number of anilines is 1. The molecule has 0 saturated carbocycles. The number of nitrogens with one attached hydrogen (secondary N) is 1. The third-order valence-corrected chi connectivity index (χ3v) is 5.74. The quantitative estimate of drug-likeness (QED) is 0.921. The molecular formula is C20H24FN3. The topological polar surface area (TPSA) is 28.2 Å². The van der Waals surface area contributed by atoms with Crippen LogP contribution >= 0.6 is 0 Å². The number of halogens is 1. The van der Waals surface area contributed by atoms with E-state index in [1.54, 1.807) is 19.1 Å². The Bertz CT molecular complexity index is 718. The maximum Gasteiger partial charge on any atom is 0.126 e. The van der Waals surface area contributed by atoms with Gasteiger partial charge in [-0.2, -0.15) is 0 Å². The zero-order chi connectivity index (χ0) is 16.7. The standard InChI is InChI=1S/C20H24FN3/c1-13-3-4-16(11-18(13)21)19-6-5-17(12-22-19)23-20-14(2)24-9-7-15(20)8-10-24/h3-6,11-12,14-15,20,23H,7-10H2,1-2H3/t14-,20+/m1/s1. The molecule has 3 fully saturated rings. The van der Waals surface area contributed by atoms with Crippen LogP contribution in [0.3, 0.4) is 0 Å². The number of hydrogen-bond donors (Lipinski definition) is 1. The van der Waals surface area contributed by atoms with Crippen molar-refractivity contribution in [3.05, 3.63) is 47.9 Å². The number of rotatable bonds is 3. The van der Waals surface area contributed by atoms with Gasteiger partial charge in [-0.15, -0.1) is 0 Å². The van der Waals surface area contributed by atoms with Gasteiger partial charge in [0.1, 0.15) is 5.82 Å². The molecule has 0 aliphatic carbocycles. The summed E-state index contributed by atoms with van der Waals surface area (Å²) in [7, 11) is 0. The molecule has 4 heterocycles. The first kappa shape index (κ1) is 15.6. The maximum atomic E-state index is 13.7. The zero-order valence-electron chi connectivity index (χ0n) is 14.3. The Balaban J connectivity index is 1.50. The molecule has 0 radical (unpaired) electrons. The number of aryl methyl sites for hydroxylation is 1. The Morgan fingerprint density at radius 2 is 1.96 bits per heavy atom. The van der Waals surface area contributed by atoms with Crippen LogP contribution in [-0.2, 0) is 0 Å². The lowest BCUT2D eigenvalue weighted by atomic mass is 9.79. The van der Waals surface area contributed by atoms with Crippen molar-refractivity contribution in [2.75, 3.05) is 18.4 Å². The fourth-order valence-electron chi connectivity index (χ4n) is 4.14. The summed E-state index contributed by atoms with van der Waals surface area (Å²) in [6, 6.07) is 10.4. The molecule has 3 nitrogen and oxygen atoms in total. The predicted molar refractivity (Wildman–Crippen MR) is 95.5 cm³/mol. The summed E-state index contributed by atoms with van der Waals surface area (Å²) in [6.45, 7) is 6.56. The molecule has 0 amide bonds. The lowest BCUT2D eigenvalue weighted by Gasteiger charge is -2.50. The number of nitrogens with zero attached hydrogens (tertiary/aromatic N) is 2. The van der Waals surface area contributed by atoms with E-state index in [1.807, 2.05) is 18.3 Å². The molecule has 4 heteroatoms. The highest BCUT2D eigenvalue weighted by atomic mass is 19.1. The van der Waals surface area contributed by atoms with Crippen molar-refractivity contribution in [3.63, 3.8) is 0 Å². The molecule has 2 aromatic rings. The van der Waals surface area contributed by atoms with Crippen molar-refractivity contribution in [3.8, 4) is 11.3 Å². The molecule has 126 valence electrons. The molecule has 5 rings (SSSR count). The van der Waals surface area contributed by atoms with Crippen molar-refractivity contribution >= 4 is 5.69 Å². The SMILES string of the molecule is Cc1ccc(-c2ccc(N[C@@H]3C4CCN(CC4)[C@@H]3C)cn2)cc1F. The van der Waals surface area contributed by atoms with Crippen LogP contribution in [0.1, 0.15) is 25.3 Å². The lowest BCUT2D eigenvalue weighted by molar-refractivity contribution is 0.0458. The number of pyridine rings is 1. The highest BCUT2D eigenvalue weighted by molar-refractivity contribution is 5.61. The van der Waals surface area contributed by atoms with Crippen LogP contribution in [0.15, 0.2) is 36.5 Å². The predicted octanol–water partition coefficient (Wildman–Crippen LogP) is 4.09. The molecule has 3 saturated heterocycles. The molecule has 1 N–H and O–H groups in total. The van der Waals surface area contributed by atoms with Gasteiger partial charge in [0.15, 0.2) is 0 Å². The average molecular weight is 325 g/mol. The van der Waals surface area contributed by atoms with Crippen molar-refractivity contribution in [1.82, 2.24) is 9.88 Å².